The topological polar surface area (TPSA) is 105 Å². The van der Waals surface area contributed by atoms with Crippen LogP contribution in [0.25, 0.3) is 0 Å². The lowest BCUT2D eigenvalue weighted by Crippen LogP contribution is -2.46. The van der Waals surface area contributed by atoms with Crippen LogP contribution in [0, 0.1) is 0 Å². The van der Waals surface area contributed by atoms with Gasteiger partial charge in [-0.1, -0.05) is 361 Å². The number of quaternary nitrogens is 1. The van der Waals surface area contributed by atoms with Gasteiger partial charge in [-0.3, -0.25) is 13.8 Å². The number of amides is 1. The number of nitrogens with one attached hydrogen (secondary N) is 1. The van der Waals surface area contributed by atoms with E-state index < -0.39 is 20.0 Å². The van der Waals surface area contributed by atoms with Crippen molar-refractivity contribution >= 4 is 13.7 Å². The van der Waals surface area contributed by atoms with Crippen molar-refractivity contribution in [3.05, 3.63) is 0 Å². The van der Waals surface area contributed by atoms with Gasteiger partial charge < -0.3 is 19.8 Å². The van der Waals surface area contributed by atoms with Crippen LogP contribution in [0.1, 0.15) is 380 Å². The highest BCUT2D eigenvalue weighted by molar-refractivity contribution is 7.47. The van der Waals surface area contributed by atoms with Gasteiger partial charge in [0.05, 0.1) is 39.9 Å². The molecular formula is C68H140N2O6P+. The molecule has 0 spiro atoms. The van der Waals surface area contributed by atoms with Crippen molar-refractivity contribution in [1.82, 2.24) is 5.32 Å². The molecule has 0 bridgehead atoms. The summed E-state index contributed by atoms with van der Waals surface area (Å²) >= 11 is 0. The first-order valence-electron chi connectivity index (χ1n) is 34.9. The Kier molecular flexibility index (Phi) is 59.7. The molecule has 9 heteroatoms. The maximum atomic E-state index is 13.1. The highest BCUT2D eigenvalue weighted by atomic mass is 31.2. The Morgan fingerprint density at radius 3 is 0.870 bits per heavy atom. The van der Waals surface area contributed by atoms with Gasteiger partial charge >= 0.3 is 7.82 Å². The first kappa shape index (κ1) is 76.5. The monoisotopic (exact) mass is 1110 g/mol. The molecule has 0 aliphatic heterocycles. The van der Waals surface area contributed by atoms with Crippen LogP contribution in [0.15, 0.2) is 0 Å². The van der Waals surface area contributed by atoms with E-state index in [1.807, 2.05) is 21.1 Å². The molecule has 0 fully saturated rings. The zero-order valence-corrected chi connectivity index (χ0v) is 53.9. The normalized spacial score (nSPS) is 13.6. The van der Waals surface area contributed by atoms with Crippen LogP contribution in [0.5, 0.6) is 0 Å². The summed E-state index contributed by atoms with van der Waals surface area (Å²) in [5.74, 6) is -0.133. The number of unbranched alkanes of at least 4 members (excludes halogenated alkanes) is 53. The molecular weight excluding hydrogens is 972 g/mol. The first-order chi connectivity index (χ1) is 37.5. The average Bonchev–Trinajstić information content (AvgIpc) is 3.39. The third kappa shape index (κ3) is 62.9. The van der Waals surface area contributed by atoms with E-state index in [0.29, 0.717) is 23.9 Å². The molecule has 3 atom stereocenters. The number of phosphoric acid groups is 1. The van der Waals surface area contributed by atoms with E-state index in [1.54, 1.807) is 0 Å². The highest BCUT2D eigenvalue weighted by Crippen LogP contribution is 2.43. The largest absolute Gasteiger partial charge is 0.472 e. The first-order valence-corrected chi connectivity index (χ1v) is 36.4. The molecule has 0 aliphatic rings. The number of phosphoric ester groups is 1. The second kappa shape index (κ2) is 60.1. The Morgan fingerprint density at radius 1 is 0.390 bits per heavy atom. The Balaban J connectivity index is 3.97. The van der Waals surface area contributed by atoms with Crippen LogP contribution in [-0.2, 0) is 18.4 Å². The maximum Gasteiger partial charge on any atom is 0.472 e. The molecule has 0 aromatic heterocycles. The lowest BCUT2D eigenvalue weighted by Gasteiger charge is -2.26. The van der Waals surface area contributed by atoms with E-state index >= 15 is 0 Å². The van der Waals surface area contributed by atoms with E-state index in [2.05, 4.69) is 19.2 Å². The summed E-state index contributed by atoms with van der Waals surface area (Å²) in [6.07, 6.45) is 74.9. The quantitative estimate of drug-likeness (QED) is 0.0318. The second-order valence-corrected chi connectivity index (χ2v) is 27.1. The maximum absolute atomic E-state index is 13.1. The minimum absolute atomic E-state index is 0.0795. The second-order valence-electron chi connectivity index (χ2n) is 25.6. The number of aliphatic hydroxyl groups excluding tert-OH is 1. The summed E-state index contributed by atoms with van der Waals surface area (Å²) in [5, 5.41) is 14.1. The Labute approximate surface area is 482 Å². The van der Waals surface area contributed by atoms with Gasteiger partial charge in [0.2, 0.25) is 5.91 Å². The minimum atomic E-state index is -4.32. The summed E-state index contributed by atoms with van der Waals surface area (Å²) in [7, 11) is 1.64. The Morgan fingerprint density at radius 2 is 0.623 bits per heavy atom. The van der Waals surface area contributed by atoms with Gasteiger partial charge in [-0.15, -0.1) is 0 Å². The van der Waals surface area contributed by atoms with Gasteiger partial charge in [-0.25, -0.2) is 4.57 Å². The van der Waals surface area contributed by atoms with E-state index in [-0.39, 0.29) is 19.1 Å². The molecule has 0 aromatic rings. The van der Waals surface area contributed by atoms with Crippen LogP contribution in [0.3, 0.4) is 0 Å². The summed E-state index contributed by atoms with van der Waals surface area (Å²) < 4.78 is 23.9. The lowest BCUT2D eigenvalue weighted by atomic mass is 10.0. The molecule has 0 aliphatic carbocycles. The van der Waals surface area contributed by atoms with E-state index in [1.165, 1.54) is 315 Å². The van der Waals surface area contributed by atoms with Crippen LogP contribution >= 0.6 is 7.82 Å². The Bertz CT molecular complexity index is 1220. The minimum Gasteiger partial charge on any atom is -0.391 e. The summed E-state index contributed by atoms with van der Waals surface area (Å²) in [6.45, 7) is 4.97. The molecule has 0 rings (SSSR count). The molecule has 0 radical (unpaired) electrons. The molecule has 77 heavy (non-hydrogen) atoms. The van der Waals surface area contributed by atoms with Crippen molar-refractivity contribution < 1.29 is 32.9 Å². The number of hydrogen-bond donors (Lipinski definition) is 3. The predicted molar refractivity (Wildman–Crippen MR) is 337 cm³/mol. The van der Waals surface area contributed by atoms with Crippen LogP contribution < -0.4 is 5.32 Å². The number of hydrogen-bond acceptors (Lipinski definition) is 5. The number of aliphatic hydroxyl groups is 1. The number of rotatable bonds is 66. The molecule has 0 aromatic carbocycles. The highest BCUT2D eigenvalue weighted by Gasteiger charge is 2.28. The van der Waals surface area contributed by atoms with Gasteiger partial charge in [0.1, 0.15) is 13.2 Å². The molecule has 3 N–H and O–H groups in total. The fourth-order valence-corrected chi connectivity index (χ4v) is 11.9. The zero-order valence-electron chi connectivity index (χ0n) is 53.0. The van der Waals surface area contributed by atoms with Crippen LogP contribution in [-0.4, -0.2) is 73.4 Å². The van der Waals surface area contributed by atoms with Crippen molar-refractivity contribution in [2.24, 2.45) is 0 Å². The standard InChI is InChI=1S/C68H139N2O6P/c1-6-8-10-12-14-16-18-20-22-24-26-28-30-32-33-34-35-36-37-38-40-42-44-46-48-50-52-54-56-58-60-62-68(72)69-66(65-76-77(73,74)75-64-63-70(3,4)5)67(71)61-59-57-55-53-51-49-47-45-43-41-39-31-29-27-25-23-21-19-17-15-13-11-9-7-2/h66-67,71H,6-65H2,1-5H3,(H-,69,72,73,74)/p+1. The summed E-state index contributed by atoms with van der Waals surface area (Å²) in [5.41, 5.74) is 0. The van der Waals surface area contributed by atoms with Gasteiger partial charge in [-0.2, -0.15) is 0 Å². The van der Waals surface area contributed by atoms with Crippen molar-refractivity contribution in [2.45, 2.75) is 392 Å². The average molecular weight is 1110 g/mol. The smallest absolute Gasteiger partial charge is 0.391 e. The molecule has 8 nitrogen and oxygen atoms in total. The van der Waals surface area contributed by atoms with Crippen molar-refractivity contribution in [3.63, 3.8) is 0 Å². The van der Waals surface area contributed by atoms with Crippen molar-refractivity contribution in [2.75, 3.05) is 40.9 Å². The van der Waals surface area contributed by atoms with Crippen molar-refractivity contribution in [1.29, 1.82) is 0 Å². The Hall–Kier alpha value is -0.500. The molecule has 3 unspecified atom stereocenters. The van der Waals surface area contributed by atoms with E-state index in [9.17, 15) is 19.4 Å². The number of likely N-dealkylation sites (N-methyl/N-ethyl adjacent to an activating group) is 1. The molecule has 1 amide bonds. The SMILES string of the molecule is CCCCCCCCCCCCCCCCCCCCCCCCCCCCCCCCCC(=O)NC(COP(=O)(O)OCC[N+](C)(C)C)C(O)CCCCCCCCCCCCCCCCCCCCCCCCCC. The van der Waals surface area contributed by atoms with Gasteiger partial charge in [0.25, 0.3) is 0 Å². The number of nitrogens with zero attached hydrogens (tertiary/aromatic N) is 1. The number of carbonyl (C=O) groups excluding carboxylic acids is 1. The summed E-state index contributed by atoms with van der Waals surface area (Å²) in [4.78, 5) is 23.4. The molecule has 462 valence electrons. The fraction of sp³-hybridized carbons (Fsp3) is 0.985. The fourth-order valence-electron chi connectivity index (χ4n) is 11.2. The van der Waals surface area contributed by atoms with Gasteiger partial charge in [0.15, 0.2) is 0 Å². The third-order valence-electron chi connectivity index (χ3n) is 16.6. The molecule has 0 saturated heterocycles. The van der Waals surface area contributed by atoms with Crippen molar-refractivity contribution in [3.8, 4) is 0 Å². The number of carbonyl (C=O) groups is 1. The van der Waals surface area contributed by atoms with E-state index in [0.717, 1.165) is 38.5 Å². The summed E-state index contributed by atoms with van der Waals surface area (Å²) in [6, 6.07) is -0.757. The van der Waals surface area contributed by atoms with Crippen LogP contribution in [0.4, 0.5) is 0 Å². The molecule has 0 saturated carbocycles. The lowest BCUT2D eigenvalue weighted by molar-refractivity contribution is -0.870. The van der Waals surface area contributed by atoms with Gasteiger partial charge in [0, 0.05) is 6.42 Å². The third-order valence-corrected chi connectivity index (χ3v) is 17.6. The predicted octanol–water partition coefficient (Wildman–Crippen LogP) is 21.9. The molecule has 0 heterocycles. The zero-order chi connectivity index (χ0) is 56.3. The van der Waals surface area contributed by atoms with E-state index in [4.69, 9.17) is 9.05 Å². The van der Waals surface area contributed by atoms with Gasteiger partial charge in [-0.05, 0) is 12.8 Å². The van der Waals surface area contributed by atoms with Crippen LogP contribution in [0.2, 0.25) is 0 Å².